The van der Waals surface area contributed by atoms with Gasteiger partial charge in [0.1, 0.15) is 10.1 Å². The molecule has 5 heteroatoms. The van der Waals surface area contributed by atoms with E-state index in [0.29, 0.717) is 0 Å². The van der Waals surface area contributed by atoms with E-state index in [4.69, 9.17) is 0 Å². The number of hydrogen-bond donors (Lipinski definition) is 0. The highest BCUT2D eigenvalue weighted by atomic mass is 32.2. The second-order valence-electron chi connectivity index (χ2n) is 8.46. The lowest BCUT2D eigenvalue weighted by atomic mass is 10.1. The van der Waals surface area contributed by atoms with Crippen LogP contribution in [0.4, 0.5) is 0 Å². The standard InChI is InChI=1S/C18H40N.C7H8O3S/c1-5-9-10-11-12-13-14-15-16-17-18-19(6-2,7-3)8-4;1-6-2-4-7(5-3-6)11(8,9)10/h5-18H2,1-4H3;2-5H,1H3,(H,8,9,10)/q+1;/p-1. The number of aryl methyl sites for hydroxylation is 1. The average Bonchev–Trinajstić information content (AvgIpc) is 2.73. The number of rotatable bonds is 15. The maximum Gasteiger partial charge on any atom is 0.124 e. The highest BCUT2D eigenvalue weighted by Gasteiger charge is 2.19. The Hall–Kier alpha value is -0.910. The third kappa shape index (κ3) is 13.4. The van der Waals surface area contributed by atoms with E-state index in [9.17, 15) is 13.0 Å². The van der Waals surface area contributed by atoms with Gasteiger partial charge < -0.3 is 9.04 Å². The molecule has 176 valence electrons. The van der Waals surface area contributed by atoms with Gasteiger partial charge in [0, 0.05) is 0 Å². The van der Waals surface area contributed by atoms with Crippen LogP contribution in [0.15, 0.2) is 29.2 Å². The van der Waals surface area contributed by atoms with Crippen molar-refractivity contribution in [2.45, 2.75) is 104 Å². The lowest BCUT2D eigenvalue weighted by molar-refractivity contribution is -0.923. The minimum absolute atomic E-state index is 0.178. The molecule has 0 amide bonds. The Labute approximate surface area is 187 Å². The molecule has 0 spiro atoms. The minimum atomic E-state index is -4.27. The second kappa shape index (κ2) is 16.7. The van der Waals surface area contributed by atoms with Crippen LogP contribution in [0, 0.1) is 6.92 Å². The molecule has 4 nitrogen and oxygen atoms in total. The molecule has 0 aliphatic carbocycles. The molecule has 0 radical (unpaired) electrons. The lowest BCUT2D eigenvalue weighted by Crippen LogP contribution is -2.48. The molecule has 1 aromatic rings. The maximum absolute atomic E-state index is 10.4. The van der Waals surface area contributed by atoms with Gasteiger partial charge in [-0.3, -0.25) is 0 Å². The summed E-state index contributed by atoms with van der Waals surface area (Å²) in [6, 6.07) is 5.78. The van der Waals surface area contributed by atoms with Crippen LogP contribution in [-0.4, -0.2) is 43.6 Å². The van der Waals surface area contributed by atoms with Crippen LogP contribution < -0.4 is 0 Å². The van der Waals surface area contributed by atoms with E-state index < -0.39 is 10.1 Å². The predicted octanol–water partition coefficient (Wildman–Crippen LogP) is 6.68. The van der Waals surface area contributed by atoms with E-state index in [1.807, 2.05) is 6.92 Å². The van der Waals surface area contributed by atoms with Crippen molar-refractivity contribution in [2.75, 3.05) is 26.2 Å². The van der Waals surface area contributed by atoms with Crippen molar-refractivity contribution in [3.63, 3.8) is 0 Å². The summed E-state index contributed by atoms with van der Waals surface area (Å²) < 4.78 is 32.5. The molecule has 0 heterocycles. The first-order valence-electron chi connectivity index (χ1n) is 12.1. The molecule has 0 saturated carbocycles. The summed E-state index contributed by atoms with van der Waals surface area (Å²) >= 11 is 0. The van der Waals surface area contributed by atoms with E-state index in [1.54, 1.807) is 12.1 Å². The number of quaternary nitrogens is 1. The molecule has 0 aliphatic rings. The summed E-state index contributed by atoms with van der Waals surface area (Å²) in [5.74, 6) is 0. The molecule has 1 aromatic carbocycles. The summed E-state index contributed by atoms with van der Waals surface area (Å²) in [4.78, 5) is -0.178. The molecule has 0 unspecified atom stereocenters. The van der Waals surface area contributed by atoms with Crippen LogP contribution in [0.5, 0.6) is 0 Å². The molecule has 0 bridgehead atoms. The highest BCUT2D eigenvalue weighted by molar-refractivity contribution is 7.85. The van der Waals surface area contributed by atoms with E-state index >= 15 is 0 Å². The van der Waals surface area contributed by atoms with Gasteiger partial charge in [-0.2, -0.15) is 0 Å². The molecule has 0 atom stereocenters. The molecule has 1 rings (SSSR count). The fourth-order valence-electron chi connectivity index (χ4n) is 3.78. The third-order valence-electron chi connectivity index (χ3n) is 6.31. The molecule has 0 fully saturated rings. The van der Waals surface area contributed by atoms with Crippen LogP contribution in [-0.2, 0) is 10.1 Å². The Kier molecular flexibility index (Phi) is 16.2. The molecule has 0 saturated heterocycles. The van der Waals surface area contributed by atoms with Gasteiger partial charge in [-0.25, -0.2) is 8.42 Å². The topological polar surface area (TPSA) is 57.2 Å². The Balaban J connectivity index is 0.000000642. The zero-order valence-electron chi connectivity index (χ0n) is 20.3. The van der Waals surface area contributed by atoms with Crippen LogP contribution in [0.25, 0.3) is 0 Å². The van der Waals surface area contributed by atoms with Gasteiger partial charge in [-0.05, 0) is 52.7 Å². The monoisotopic (exact) mass is 441 g/mol. The van der Waals surface area contributed by atoms with Gasteiger partial charge in [0.25, 0.3) is 0 Å². The first-order chi connectivity index (χ1) is 14.2. The number of unbranched alkanes of at least 4 members (excludes halogenated alkanes) is 9. The van der Waals surface area contributed by atoms with Gasteiger partial charge in [0.05, 0.1) is 31.1 Å². The van der Waals surface area contributed by atoms with Crippen LogP contribution in [0.1, 0.15) is 97.5 Å². The third-order valence-corrected chi connectivity index (χ3v) is 7.16. The van der Waals surface area contributed by atoms with Crippen molar-refractivity contribution in [2.24, 2.45) is 0 Å². The van der Waals surface area contributed by atoms with Crippen LogP contribution in [0.2, 0.25) is 0 Å². The number of hydrogen-bond acceptors (Lipinski definition) is 3. The second-order valence-corrected chi connectivity index (χ2v) is 9.84. The Bertz CT molecular complexity index is 614. The van der Waals surface area contributed by atoms with Crippen molar-refractivity contribution < 1.29 is 17.5 Å². The molecule has 0 aromatic heterocycles. The van der Waals surface area contributed by atoms with Gasteiger partial charge >= 0.3 is 0 Å². The minimum Gasteiger partial charge on any atom is -0.744 e. The zero-order valence-corrected chi connectivity index (χ0v) is 21.1. The summed E-state index contributed by atoms with van der Waals surface area (Å²) in [6.45, 7) is 16.5. The van der Waals surface area contributed by atoms with Crippen LogP contribution in [0.3, 0.4) is 0 Å². The summed E-state index contributed by atoms with van der Waals surface area (Å²) in [5, 5.41) is 0. The molecule has 0 N–H and O–H groups in total. The first-order valence-corrected chi connectivity index (χ1v) is 13.5. The molecular formula is C25H47NO3S. The first kappa shape index (κ1) is 29.1. The van der Waals surface area contributed by atoms with Gasteiger partial charge in [0.2, 0.25) is 0 Å². The van der Waals surface area contributed by atoms with Crippen molar-refractivity contribution in [3.8, 4) is 0 Å². The summed E-state index contributed by atoms with van der Waals surface area (Å²) in [7, 11) is -4.27. The fraction of sp³-hybridized carbons (Fsp3) is 0.760. The van der Waals surface area contributed by atoms with Gasteiger partial charge in [-0.15, -0.1) is 0 Å². The summed E-state index contributed by atoms with van der Waals surface area (Å²) in [5.41, 5.74) is 0.928. The van der Waals surface area contributed by atoms with Crippen molar-refractivity contribution in [3.05, 3.63) is 29.8 Å². The van der Waals surface area contributed by atoms with E-state index in [0.717, 1.165) is 5.56 Å². The molecule has 30 heavy (non-hydrogen) atoms. The van der Waals surface area contributed by atoms with Crippen LogP contribution >= 0.6 is 0 Å². The fourth-order valence-corrected chi connectivity index (χ4v) is 4.25. The Morgan fingerprint density at radius 3 is 1.47 bits per heavy atom. The van der Waals surface area contributed by atoms with Gasteiger partial charge in [0.15, 0.2) is 0 Å². The summed E-state index contributed by atoms with van der Waals surface area (Å²) in [6.07, 6.45) is 14.5. The van der Waals surface area contributed by atoms with Crippen molar-refractivity contribution >= 4 is 10.1 Å². The SMILES string of the molecule is CCCCCCCCCCCC[N+](CC)(CC)CC.Cc1ccc(S(=O)(=O)[O-])cc1. The zero-order chi connectivity index (χ0) is 22.9. The Morgan fingerprint density at radius 1 is 0.700 bits per heavy atom. The quantitative estimate of drug-likeness (QED) is 0.173. The van der Waals surface area contributed by atoms with E-state index in [-0.39, 0.29) is 4.90 Å². The largest absolute Gasteiger partial charge is 0.744 e. The number of benzene rings is 1. The van der Waals surface area contributed by atoms with Crippen molar-refractivity contribution in [1.82, 2.24) is 0 Å². The number of nitrogens with zero attached hydrogens (tertiary/aromatic N) is 1. The maximum atomic E-state index is 10.4. The van der Waals surface area contributed by atoms with E-state index in [2.05, 4.69) is 27.7 Å². The van der Waals surface area contributed by atoms with Gasteiger partial charge in [-0.1, -0.05) is 76.0 Å². The Morgan fingerprint density at radius 2 is 1.10 bits per heavy atom. The lowest BCUT2D eigenvalue weighted by Gasteiger charge is -2.35. The van der Waals surface area contributed by atoms with E-state index in [1.165, 1.54) is 107 Å². The molecular weight excluding hydrogens is 394 g/mol. The normalized spacial score (nSPS) is 11.8. The highest BCUT2D eigenvalue weighted by Crippen LogP contribution is 2.13. The van der Waals surface area contributed by atoms with Crippen molar-refractivity contribution in [1.29, 1.82) is 0 Å². The predicted molar refractivity (Wildman–Crippen MR) is 128 cm³/mol. The smallest absolute Gasteiger partial charge is 0.124 e. The molecule has 0 aliphatic heterocycles. The average molecular weight is 442 g/mol.